The second-order valence-electron chi connectivity index (χ2n) is 10.3. The molecule has 1 unspecified atom stereocenters. The van der Waals surface area contributed by atoms with Crippen molar-refractivity contribution in [2.24, 2.45) is 22.7 Å². The lowest BCUT2D eigenvalue weighted by atomic mass is 9.50. The molecule has 3 aliphatic rings. The lowest BCUT2D eigenvalue weighted by molar-refractivity contribution is -0.152. The number of ether oxygens (including phenoxy) is 1. The quantitative estimate of drug-likeness (QED) is 0.461. The summed E-state index contributed by atoms with van der Waals surface area (Å²) in [5.41, 5.74) is 3.27. The van der Waals surface area contributed by atoms with E-state index in [-0.39, 0.29) is 10.8 Å². The van der Waals surface area contributed by atoms with Gasteiger partial charge in [-0.25, -0.2) is 4.79 Å². The zero-order valence-corrected chi connectivity index (χ0v) is 18.5. The van der Waals surface area contributed by atoms with Crippen LogP contribution in [0.5, 0.6) is 0 Å². The Morgan fingerprint density at radius 3 is 2.76 bits per heavy atom. The van der Waals surface area contributed by atoms with Crippen molar-refractivity contribution in [2.75, 3.05) is 0 Å². The molecular weight excluding hydrogens is 364 g/mol. The van der Waals surface area contributed by atoms with Crippen molar-refractivity contribution in [1.82, 2.24) is 0 Å². The van der Waals surface area contributed by atoms with Crippen LogP contribution in [0.15, 0.2) is 35.5 Å². The van der Waals surface area contributed by atoms with E-state index in [1.807, 2.05) is 0 Å². The van der Waals surface area contributed by atoms with Gasteiger partial charge in [-0.2, -0.15) is 0 Å². The first-order valence-corrected chi connectivity index (χ1v) is 11.2. The van der Waals surface area contributed by atoms with Gasteiger partial charge in [0.2, 0.25) is 6.29 Å². The van der Waals surface area contributed by atoms with Crippen LogP contribution in [0.4, 0.5) is 0 Å². The number of cyclic esters (lactones) is 1. The van der Waals surface area contributed by atoms with E-state index >= 15 is 0 Å². The molecule has 0 bridgehead atoms. The minimum Gasteiger partial charge on any atom is -0.429 e. The third-order valence-electron chi connectivity index (χ3n) is 8.05. The molecule has 6 atom stereocenters. The zero-order valence-electron chi connectivity index (χ0n) is 18.5. The van der Waals surface area contributed by atoms with Crippen molar-refractivity contribution >= 4 is 5.97 Å². The number of carbonyl (C=O) groups is 1. The molecule has 0 amide bonds. The normalized spacial score (nSPS) is 38.0. The summed E-state index contributed by atoms with van der Waals surface area (Å²) in [6.45, 7) is 13.1. The summed E-state index contributed by atoms with van der Waals surface area (Å²) in [5, 5.41) is 20.9. The Labute approximate surface area is 175 Å². The van der Waals surface area contributed by atoms with Gasteiger partial charge in [0, 0.05) is 11.6 Å². The molecule has 4 heteroatoms. The number of allylic oxidation sites excluding steroid dienone is 3. The fraction of sp³-hybridized carbons (Fsp3) is 0.720. The average Bonchev–Trinajstić information content (AvgIpc) is 2.97. The number of esters is 1. The maximum atomic E-state index is 11.5. The monoisotopic (exact) mass is 402 g/mol. The Morgan fingerprint density at radius 2 is 2.14 bits per heavy atom. The van der Waals surface area contributed by atoms with E-state index in [9.17, 15) is 15.0 Å². The molecule has 0 aromatic heterocycles. The predicted molar refractivity (Wildman–Crippen MR) is 115 cm³/mol. The summed E-state index contributed by atoms with van der Waals surface area (Å²) in [6.07, 6.45) is 10.1. The van der Waals surface area contributed by atoms with E-state index in [2.05, 4.69) is 40.3 Å². The molecule has 0 saturated heterocycles. The van der Waals surface area contributed by atoms with Gasteiger partial charge in [-0.1, -0.05) is 44.4 Å². The first-order valence-electron chi connectivity index (χ1n) is 11.2. The summed E-state index contributed by atoms with van der Waals surface area (Å²) in [7, 11) is 0. The van der Waals surface area contributed by atoms with Gasteiger partial charge in [0.15, 0.2) is 0 Å². The molecule has 0 aromatic carbocycles. The molecule has 1 fully saturated rings. The number of rotatable bonds is 7. The summed E-state index contributed by atoms with van der Waals surface area (Å²) < 4.78 is 4.79. The van der Waals surface area contributed by atoms with Crippen molar-refractivity contribution in [2.45, 2.75) is 91.5 Å². The van der Waals surface area contributed by atoms with Gasteiger partial charge < -0.3 is 14.9 Å². The van der Waals surface area contributed by atoms with E-state index in [0.29, 0.717) is 23.8 Å². The van der Waals surface area contributed by atoms with Gasteiger partial charge in [-0.15, -0.1) is 6.58 Å². The minimum absolute atomic E-state index is 0.0776. The molecule has 3 rings (SSSR count). The van der Waals surface area contributed by atoms with Crippen LogP contribution in [0.3, 0.4) is 0 Å². The Kier molecular flexibility index (Phi) is 6.45. The van der Waals surface area contributed by atoms with Crippen LogP contribution in [0, 0.1) is 22.7 Å². The highest BCUT2D eigenvalue weighted by Gasteiger charge is 2.50. The highest BCUT2D eigenvalue weighted by molar-refractivity contribution is 5.85. The molecule has 0 radical (unpaired) electrons. The summed E-state index contributed by atoms with van der Waals surface area (Å²) in [4.78, 5) is 11.5. The van der Waals surface area contributed by atoms with Crippen LogP contribution in [0.1, 0.15) is 79.1 Å². The van der Waals surface area contributed by atoms with Crippen LogP contribution in [-0.2, 0) is 9.53 Å². The van der Waals surface area contributed by atoms with E-state index in [1.54, 1.807) is 5.57 Å². The maximum Gasteiger partial charge on any atom is 0.333 e. The molecule has 1 heterocycles. The highest BCUT2D eigenvalue weighted by atomic mass is 16.6. The van der Waals surface area contributed by atoms with Gasteiger partial charge in [-0.3, -0.25) is 0 Å². The van der Waals surface area contributed by atoms with Crippen LogP contribution >= 0.6 is 0 Å². The Morgan fingerprint density at radius 1 is 1.41 bits per heavy atom. The number of aliphatic hydroxyl groups excluding tert-OH is 2. The molecule has 1 aliphatic heterocycles. The largest absolute Gasteiger partial charge is 0.429 e. The van der Waals surface area contributed by atoms with Gasteiger partial charge in [0.1, 0.15) is 0 Å². The van der Waals surface area contributed by atoms with Crippen LogP contribution < -0.4 is 0 Å². The average molecular weight is 403 g/mol. The molecule has 29 heavy (non-hydrogen) atoms. The summed E-state index contributed by atoms with van der Waals surface area (Å²) >= 11 is 0. The van der Waals surface area contributed by atoms with E-state index in [4.69, 9.17) is 4.74 Å². The van der Waals surface area contributed by atoms with Crippen LogP contribution in [0.25, 0.3) is 0 Å². The van der Waals surface area contributed by atoms with Gasteiger partial charge in [0.25, 0.3) is 0 Å². The second-order valence-corrected chi connectivity index (χ2v) is 10.3. The maximum absolute atomic E-state index is 11.5. The number of fused-ring (bicyclic) bond motifs is 1. The van der Waals surface area contributed by atoms with E-state index < -0.39 is 18.4 Å². The van der Waals surface area contributed by atoms with E-state index in [0.717, 1.165) is 19.3 Å². The zero-order chi connectivity index (χ0) is 21.4. The Balaban J connectivity index is 1.81. The summed E-state index contributed by atoms with van der Waals surface area (Å²) in [5.74, 6) is 0.288. The van der Waals surface area contributed by atoms with Gasteiger partial charge in [-0.05, 0) is 74.5 Å². The fourth-order valence-corrected chi connectivity index (χ4v) is 6.01. The van der Waals surface area contributed by atoms with Crippen molar-refractivity contribution < 1.29 is 19.7 Å². The molecule has 0 aromatic rings. The third kappa shape index (κ3) is 4.39. The number of hydrogen-bond donors (Lipinski definition) is 2. The molecular formula is C25H38O4. The Hall–Kier alpha value is -1.39. The topological polar surface area (TPSA) is 66.8 Å². The third-order valence-corrected chi connectivity index (χ3v) is 8.05. The van der Waals surface area contributed by atoms with Crippen LogP contribution in [-0.4, -0.2) is 28.6 Å². The number of hydrogen-bond acceptors (Lipinski definition) is 4. The molecule has 4 nitrogen and oxygen atoms in total. The molecule has 1 saturated carbocycles. The lowest BCUT2D eigenvalue weighted by Gasteiger charge is -2.54. The standard InChI is InChI=1S/C25H38O4/c1-16(2)8-6-12-24(4)13-7-9-20-19(24)11-10-17(3)25(20,5)15-21(26)18-14-22(27)29-23(18)28/h11,14,17,20-21,23,26,28H,1,6-10,12-13,15H2,2-5H3/t17-,20-,21-,23?,24-,25-/m1/s1. The lowest BCUT2D eigenvalue weighted by Crippen LogP contribution is -2.46. The molecule has 0 spiro atoms. The highest BCUT2D eigenvalue weighted by Crippen LogP contribution is 2.59. The van der Waals surface area contributed by atoms with Crippen molar-refractivity contribution in [1.29, 1.82) is 0 Å². The minimum atomic E-state index is -1.31. The predicted octanol–water partition coefficient (Wildman–Crippen LogP) is 5.06. The van der Waals surface area contributed by atoms with Gasteiger partial charge in [0.05, 0.1) is 6.10 Å². The Bertz CT molecular complexity index is 720. The SMILES string of the molecule is C=C(C)CCC[C@]1(C)CCC[C@@H]2C1=CC[C@@H](C)[C@@]2(C)C[C@@H](O)C1=CC(=O)OC1O. The van der Waals surface area contributed by atoms with E-state index in [1.165, 1.54) is 37.3 Å². The first kappa shape index (κ1) is 22.3. The molecule has 2 N–H and O–H groups in total. The smallest absolute Gasteiger partial charge is 0.333 e. The van der Waals surface area contributed by atoms with Crippen molar-refractivity contribution in [3.63, 3.8) is 0 Å². The van der Waals surface area contributed by atoms with Gasteiger partial charge >= 0.3 is 5.97 Å². The fourth-order valence-electron chi connectivity index (χ4n) is 6.01. The van der Waals surface area contributed by atoms with Crippen LogP contribution in [0.2, 0.25) is 0 Å². The molecule has 162 valence electrons. The summed E-state index contributed by atoms with van der Waals surface area (Å²) in [6, 6.07) is 0. The first-order chi connectivity index (χ1) is 13.6. The second kappa shape index (κ2) is 8.39. The van der Waals surface area contributed by atoms with Crippen molar-refractivity contribution in [3.8, 4) is 0 Å². The number of carbonyl (C=O) groups excluding carboxylic acids is 1. The van der Waals surface area contributed by atoms with Crippen molar-refractivity contribution in [3.05, 3.63) is 35.5 Å². The molecule has 2 aliphatic carbocycles. The number of aliphatic hydroxyl groups is 2.